The van der Waals surface area contributed by atoms with Crippen LogP contribution in [0.2, 0.25) is 0 Å². The Morgan fingerprint density at radius 2 is 2.07 bits per heavy atom. The van der Waals surface area contributed by atoms with Gasteiger partial charge in [0.05, 0.1) is 6.61 Å². The van der Waals surface area contributed by atoms with Crippen molar-refractivity contribution in [2.75, 3.05) is 19.8 Å². The summed E-state index contributed by atoms with van der Waals surface area (Å²) in [6.07, 6.45) is 7.19. The maximum Gasteiger partial charge on any atom is 0.0616 e. The van der Waals surface area contributed by atoms with Crippen LogP contribution in [0.5, 0.6) is 0 Å². The molecule has 0 aromatic carbocycles. The van der Waals surface area contributed by atoms with E-state index in [9.17, 15) is 0 Å². The monoisotopic (exact) mass is 199 g/mol. The molecule has 0 aromatic rings. The molecule has 14 heavy (non-hydrogen) atoms. The Morgan fingerprint density at radius 3 is 2.71 bits per heavy atom. The highest BCUT2D eigenvalue weighted by Crippen LogP contribution is 2.26. The van der Waals surface area contributed by atoms with Crippen molar-refractivity contribution >= 4 is 0 Å². The molecule has 0 heterocycles. The molecule has 0 aromatic heterocycles. The van der Waals surface area contributed by atoms with Gasteiger partial charge in [-0.25, -0.2) is 0 Å². The average Bonchev–Trinajstić information content (AvgIpc) is 2.67. The molecule has 1 N–H and O–H groups in total. The van der Waals surface area contributed by atoms with E-state index in [1.807, 2.05) is 6.92 Å². The molecule has 1 rings (SSSR count). The predicted molar refractivity (Wildman–Crippen MR) is 60.5 cm³/mol. The molecule has 1 aliphatic carbocycles. The molecule has 1 atom stereocenters. The van der Waals surface area contributed by atoms with Crippen molar-refractivity contribution in [1.29, 1.82) is 0 Å². The zero-order valence-corrected chi connectivity index (χ0v) is 9.72. The van der Waals surface area contributed by atoms with Crippen LogP contribution in [0.15, 0.2) is 0 Å². The van der Waals surface area contributed by atoms with Crippen LogP contribution in [-0.4, -0.2) is 25.8 Å². The molecular formula is C12H25NO. The zero-order valence-electron chi connectivity index (χ0n) is 9.72. The fourth-order valence-electron chi connectivity index (χ4n) is 2.19. The Balaban J connectivity index is 1.91. The van der Waals surface area contributed by atoms with E-state index >= 15 is 0 Å². The Hall–Kier alpha value is -0.0800. The van der Waals surface area contributed by atoms with Gasteiger partial charge in [-0.1, -0.05) is 25.7 Å². The number of nitrogens with one attached hydrogen (secondary N) is 1. The summed E-state index contributed by atoms with van der Waals surface area (Å²) in [7, 11) is 0. The Morgan fingerprint density at radius 1 is 1.36 bits per heavy atom. The third-order valence-electron chi connectivity index (χ3n) is 3.09. The molecule has 84 valence electrons. The van der Waals surface area contributed by atoms with Gasteiger partial charge in [0.2, 0.25) is 0 Å². The van der Waals surface area contributed by atoms with Gasteiger partial charge < -0.3 is 10.1 Å². The van der Waals surface area contributed by atoms with Crippen molar-refractivity contribution in [3.05, 3.63) is 0 Å². The summed E-state index contributed by atoms with van der Waals surface area (Å²) in [5, 5.41) is 3.52. The highest BCUT2D eigenvalue weighted by atomic mass is 16.5. The van der Waals surface area contributed by atoms with Crippen LogP contribution in [0.25, 0.3) is 0 Å². The molecule has 1 saturated carbocycles. The first-order chi connectivity index (χ1) is 6.83. The molecule has 1 unspecified atom stereocenters. The SMILES string of the molecule is CCOCC(C)NCCC1CCCC1. The lowest BCUT2D eigenvalue weighted by atomic mass is 10.0. The molecule has 0 saturated heterocycles. The first-order valence-electron chi connectivity index (χ1n) is 6.14. The first kappa shape index (κ1) is 12.0. The van der Waals surface area contributed by atoms with E-state index in [2.05, 4.69) is 12.2 Å². The van der Waals surface area contributed by atoms with Crippen molar-refractivity contribution < 1.29 is 4.74 Å². The maximum atomic E-state index is 5.36. The van der Waals surface area contributed by atoms with Crippen LogP contribution >= 0.6 is 0 Å². The van der Waals surface area contributed by atoms with E-state index in [4.69, 9.17) is 4.74 Å². The highest BCUT2D eigenvalue weighted by molar-refractivity contribution is 4.69. The van der Waals surface area contributed by atoms with Gasteiger partial charge in [-0.3, -0.25) is 0 Å². The number of hydrogen-bond donors (Lipinski definition) is 1. The van der Waals surface area contributed by atoms with E-state index in [-0.39, 0.29) is 0 Å². The second-order valence-electron chi connectivity index (χ2n) is 4.45. The summed E-state index contributed by atoms with van der Waals surface area (Å²) in [6.45, 7) is 7.09. The van der Waals surface area contributed by atoms with E-state index in [0.717, 1.165) is 19.1 Å². The fraction of sp³-hybridized carbons (Fsp3) is 1.00. The van der Waals surface area contributed by atoms with Gasteiger partial charge in [0.1, 0.15) is 0 Å². The second-order valence-corrected chi connectivity index (χ2v) is 4.45. The van der Waals surface area contributed by atoms with E-state index in [0.29, 0.717) is 6.04 Å². The van der Waals surface area contributed by atoms with Gasteiger partial charge in [0.25, 0.3) is 0 Å². The van der Waals surface area contributed by atoms with Gasteiger partial charge in [0, 0.05) is 12.6 Å². The summed E-state index contributed by atoms with van der Waals surface area (Å²) >= 11 is 0. The Bertz CT molecular complexity index is 132. The minimum atomic E-state index is 0.511. The standard InChI is InChI=1S/C12H25NO/c1-3-14-10-11(2)13-9-8-12-6-4-5-7-12/h11-13H,3-10H2,1-2H3. The quantitative estimate of drug-likeness (QED) is 0.680. The van der Waals surface area contributed by atoms with Crippen LogP contribution in [0.3, 0.4) is 0 Å². The molecule has 0 amide bonds. The van der Waals surface area contributed by atoms with Crippen molar-refractivity contribution in [1.82, 2.24) is 5.32 Å². The van der Waals surface area contributed by atoms with E-state index in [1.54, 1.807) is 0 Å². The third kappa shape index (κ3) is 4.97. The van der Waals surface area contributed by atoms with Crippen LogP contribution in [-0.2, 0) is 4.74 Å². The Kier molecular flexibility index (Phi) is 6.20. The van der Waals surface area contributed by atoms with Crippen LogP contribution in [0.1, 0.15) is 46.0 Å². The molecule has 1 fully saturated rings. The summed E-state index contributed by atoms with van der Waals surface area (Å²) < 4.78 is 5.36. The average molecular weight is 199 g/mol. The largest absolute Gasteiger partial charge is 0.380 e. The molecule has 2 heteroatoms. The van der Waals surface area contributed by atoms with E-state index in [1.165, 1.54) is 38.6 Å². The van der Waals surface area contributed by atoms with Gasteiger partial charge in [-0.2, -0.15) is 0 Å². The first-order valence-corrected chi connectivity index (χ1v) is 6.14. The zero-order chi connectivity index (χ0) is 10.2. The van der Waals surface area contributed by atoms with Gasteiger partial charge in [-0.15, -0.1) is 0 Å². The Labute approximate surface area is 88.4 Å². The molecule has 0 aliphatic heterocycles. The summed E-state index contributed by atoms with van der Waals surface area (Å²) in [5.41, 5.74) is 0. The maximum absolute atomic E-state index is 5.36. The molecular weight excluding hydrogens is 174 g/mol. The summed E-state index contributed by atoms with van der Waals surface area (Å²) in [5.74, 6) is 1.00. The molecule has 0 bridgehead atoms. The topological polar surface area (TPSA) is 21.3 Å². The normalized spacial score (nSPS) is 20.1. The summed E-state index contributed by atoms with van der Waals surface area (Å²) in [6, 6.07) is 0.511. The third-order valence-corrected chi connectivity index (χ3v) is 3.09. The number of hydrogen-bond acceptors (Lipinski definition) is 2. The molecule has 2 nitrogen and oxygen atoms in total. The van der Waals surface area contributed by atoms with Crippen molar-refractivity contribution in [3.63, 3.8) is 0 Å². The molecule has 0 radical (unpaired) electrons. The lowest BCUT2D eigenvalue weighted by Gasteiger charge is -2.15. The lowest BCUT2D eigenvalue weighted by Crippen LogP contribution is -2.32. The molecule has 0 spiro atoms. The van der Waals surface area contributed by atoms with Crippen molar-refractivity contribution in [3.8, 4) is 0 Å². The fourth-order valence-corrected chi connectivity index (χ4v) is 2.19. The van der Waals surface area contributed by atoms with Crippen molar-refractivity contribution in [2.45, 2.75) is 52.0 Å². The van der Waals surface area contributed by atoms with Crippen LogP contribution in [0.4, 0.5) is 0 Å². The second kappa shape index (κ2) is 7.24. The smallest absolute Gasteiger partial charge is 0.0616 e. The van der Waals surface area contributed by atoms with Gasteiger partial charge in [0.15, 0.2) is 0 Å². The lowest BCUT2D eigenvalue weighted by molar-refractivity contribution is 0.127. The van der Waals surface area contributed by atoms with Crippen LogP contribution in [0, 0.1) is 5.92 Å². The van der Waals surface area contributed by atoms with Gasteiger partial charge in [-0.05, 0) is 32.7 Å². The minimum Gasteiger partial charge on any atom is -0.380 e. The number of ether oxygens (including phenoxy) is 1. The summed E-state index contributed by atoms with van der Waals surface area (Å²) in [4.78, 5) is 0. The van der Waals surface area contributed by atoms with Gasteiger partial charge >= 0.3 is 0 Å². The predicted octanol–water partition coefficient (Wildman–Crippen LogP) is 2.58. The molecule has 1 aliphatic rings. The number of rotatable bonds is 7. The highest BCUT2D eigenvalue weighted by Gasteiger charge is 2.14. The minimum absolute atomic E-state index is 0.511. The van der Waals surface area contributed by atoms with E-state index < -0.39 is 0 Å². The van der Waals surface area contributed by atoms with Crippen molar-refractivity contribution in [2.24, 2.45) is 5.92 Å². The van der Waals surface area contributed by atoms with Crippen LogP contribution < -0.4 is 5.32 Å².